The summed E-state index contributed by atoms with van der Waals surface area (Å²) < 4.78 is 1.93. The number of hydrogen-bond acceptors (Lipinski definition) is 3. The van der Waals surface area contributed by atoms with Crippen molar-refractivity contribution >= 4 is 11.9 Å². The Labute approximate surface area is 173 Å². The van der Waals surface area contributed by atoms with Gasteiger partial charge in [-0.3, -0.25) is 14.5 Å². The molecule has 0 bridgehead atoms. The van der Waals surface area contributed by atoms with Gasteiger partial charge in [-0.1, -0.05) is 30.3 Å². The first-order valence-corrected chi connectivity index (χ1v) is 10.6. The lowest BCUT2D eigenvalue weighted by atomic mass is 10.1. The minimum atomic E-state index is 0.248. The van der Waals surface area contributed by atoms with Crippen molar-refractivity contribution in [1.29, 1.82) is 0 Å². The van der Waals surface area contributed by atoms with E-state index < -0.39 is 0 Å². The van der Waals surface area contributed by atoms with Crippen LogP contribution in [0, 0.1) is 5.92 Å². The lowest BCUT2D eigenvalue weighted by Gasteiger charge is -2.16. The molecular weight excluding hydrogens is 364 g/mol. The number of nitrogens with one attached hydrogen (secondary N) is 2. The average Bonchev–Trinajstić information content (AvgIpc) is 3.38. The molecule has 1 aromatic heterocycles. The number of likely N-dealkylation sites (tertiary alicyclic amines) is 1. The summed E-state index contributed by atoms with van der Waals surface area (Å²) in [6, 6.07) is 12.3. The van der Waals surface area contributed by atoms with Crippen molar-refractivity contribution in [2.24, 2.45) is 10.9 Å². The summed E-state index contributed by atoms with van der Waals surface area (Å²) in [6.07, 6.45) is 6.24. The Morgan fingerprint density at radius 3 is 2.83 bits per heavy atom. The van der Waals surface area contributed by atoms with Crippen LogP contribution in [0.2, 0.25) is 0 Å². The fourth-order valence-electron chi connectivity index (χ4n) is 3.54. The second kappa shape index (κ2) is 11.2. The molecule has 1 saturated heterocycles. The maximum atomic E-state index is 12.3. The van der Waals surface area contributed by atoms with Gasteiger partial charge in [0, 0.05) is 64.0 Å². The van der Waals surface area contributed by atoms with Crippen LogP contribution in [0.1, 0.15) is 25.3 Å². The highest BCUT2D eigenvalue weighted by atomic mass is 16.2. The number of aryl methyl sites for hydroxylation is 1. The van der Waals surface area contributed by atoms with Crippen molar-refractivity contribution in [3.05, 3.63) is 54.4 Å². The molecule has 2 heterocycles. The van der Waals surface area contributed by atoms with E-state index in [1.54, 1.807) is 6.20 Å². The Morgan fingerprint density at radius 2 is 2.07 bits per heavy atom. The predicted octanol–water partition coefficient (Wildman–Crippen LogP) is 1.92. The molecule has 1 amide bonds. The Morgan fingerprint density at radius 1 is 1.21 bits per heavy atom. The summed E-state index contributed by atoms with van der Waals surface area (Å²) in [4.78, 5) is 19.0. The molecule has 156 valence electrons. The van der Waals surface area contributed by atoms with Crippen LogP contribution in [-0.2, 0) is 17.8 Å². The first kappa shape index (κ1) is 20.9. The summed E-state index contributed by atoms with van der Waals surface area (Å²) in [5.74, 6) is 1.36. The number of benzene rings is 1. The zero-order valence-electron chi connectivity index (χ0n) is 17.3. The summed E-state index contributed by atoms with van der Waals surface area (Å²) in [5, 5.41) is 10.9. The second-order valence-electron chi connectivity index (χ2n) is 7.41. The van der Waals surface area contributed by atoms with Gasteiger partial charge in [0.1, 0.15) is 0 Å². The van der Waals surface area contributed by atoms with Crippen LogP contribution in [0.4, 0.5) is 0 Å². The number of carbonyl (C=O) groups is 1. The quantitative estimate of drug-likeness (QED) is 0.366. The van der Waals surface area contributed by atoms with Gasteiger partial charge in [-0.05, 0) is 31.4 Å². The van der Waals surface area contributed by atoms with Gasteiger partial charge in [0.05, 0.1) is 0 Å². The molecule has 3 rings (SSSR count). The number of rotatable bonds is 10. The summed E-state index contributed by atoms with van der Waals surface area (Å²) in [7, 11) is 0. The van der Waals surface area contributed by atoms with Crippen molar-refractivity contribution in [1.82, 2.24) is 25.3 Å². The summed E-state index contributed by atoms with van der Waals surface area (Å²) >= 11 is 0. The second-order valence-corrected chi connectivity index (χ2v) is 7.41. The molecule has 0 radical (unpaired) electrons. The molecular formula is C22H32N6O. The number of nitrogens with zero attached hydrogens (tertiary/aromatic N) is 4. The van der Waals surface area contributed by atoms with E-state index in [9.17, 15) is 4.79 Å². The molecule has 2 aromatic rings. The molecule has 29 heavy (non-hydrogen) atoms. The zero-order valence-corrected chi connectivity index (χ0v) is 17.3. The Bertz CT molecular complexity index is 759. The number of aliphatic imine (C=N–C) groups is 1. The van der Waals surface area contributed by atoms with E-state index in [0.717, 1.165) is 51.5 Å². The summed E-state index contributed by atoms with van der Waals surface area (Å²) in [5.41, 5.74) is 1.27. The number of guanidine groups is 1. The van der Waals surface area contributed by atoms with Gasteiger partial charge < -0.3 is 15.5 Å². The first-order valence-electron chi connectivity index (χ1n) is 10.6. The first-order chi connectivity index (χ1) is 14.2. The highest BCUT2D eigenvalue weighted by molar-refractivity contribution is 5.80. The van der Waals surface area contributed by atoms with E-state index >= 15 is 0 Å². The minimum absolute atomic E-state index is 0.248. The van der Waals surface area contributed by atoms with Crippen molar-refractivity contribution in [3.8, 4) is 0 Å². The maximum Gasteiger partial charge on any atom is 0.223 e. The van der Waals surface area contributed by atoms with Crippen molar-refractivity contribution < 1.29 is 4.79 Å². The van der Waals surface area contributed by atoms with Crippen LogP contribution in [0.5, 0.6) is 0 Å². The summed E-state index contributed by atoms with van der Waals surface area (Å²) in [6.45, 7) is 6.85. The van der Waals surface area contributed by atoms with Gasteiger partial charge in [0.25, 0.3) is 0 Å². The Hall–Kier alpha value is -2.83. The van der Waals surface area contributed by atoms with Crippen molar-refractivity contribution in [3.63, 3.8) is 0 Å². The third-order valence-corrected chi connectivity index (χ3v) is 5.08. The maximum absolute atomic E-state index is 12.3. The van der Waals surface area contributed by atoms with Gasteiger partial charge in [-0.15, -0.1) is 0 Å². The lowest BCUT2D eigenvalue weighted by Crippen LogP contribution is -2.38. The smallest absolute Gasteiger partial charge is 0.223 e. The molecule has 1 aliphatic heterocycles. The predicted molar refractivity (Wildman–Crippen MR) is 116 cm³/mol. The molecule has 1 fully saturated rings. The number of aromatic nitrogens is 2. The number of carbonyl (C=O) groups excluding carboxylic acids is 1. The standard InChI is InChI=1S/C22H32N6O/c1-2-23-22(24-11-6-13-28-14-7-12-26-28)25-17-20-16-21(29)27(18-20)15-10-19-8-4-3-5-9-19/h3-5,7-9,12,14,20H,2,6,10-11,13,15-18H2,1H3,(H2,23,24,25). The van der Waals surface area contributed by atoms with E-state index in [1.807, 2.05) is 40.0 Å². The molecule has 1 aliphatic rings. The lowest BCUT2D eigenvalue weighted by molar-refractivity contribution is -0.127. The van der Waals surface area contributed by atoms with Gasteiger partial charge in [0.2, 0.25) is 5.91 Å². The molecule has 1 aromatic carbocycles. The van der Waals surface area contributed by atoms with E-state index in [1.165, 1.54) is 5.56 Å². The highest BCUT2D eigenvalue weighted by Crippen LogP contribution is 2.18. The highest BCUT2D eigenvalue weighted by Gasteiger charge is 2.28. The van der Waals surface area contributed by atoms with E-state index in [2.05, 4.69) is 34.8 Å². The average molecular weight is 397 g/mol. The molecule has 1 unspecified atom stereocenters. The molecule has 7 nitrogen and oxygen atoms in total. The molecule has 0 saturated carbocycles. The van der Waals surface area contributed by atoms with Gasteiger partial charge in [-0.25, -0.2) is 0 Å². The van der Waals surface area contributed by atoms with Gasteiger partial charge in [0.15, 0.2) is 5.96 Å². The Balaban J connectivity index is 1.40. The topological polar surface area (TPSA) is 74.6 Å². The molecule has 1 atom stereocenters. The third kappa shape index (κ3) is 6.93. The largest absolute Gasteiger partial charge is 0.357 e. The zero-order chi connectivity index (χ0) is 20.3. The minimum Gasteiger partial charge on any atom is -0.357 e. The molecule has 0 spiro atoms. The van der Waals surface area contributed by atoms with Crippen LogP contribution in [0.15, 0.2) is 53.8 Å². The van der Waals surface area contributed by atoms with E-state index in [0.29, 0.717) is 13.0 Å². The van der Waals surface area contributed by atoms with E-state index in [4.69, 9.17) is 4.99 Å². The Kier molecular flexibility index (Phi) is 8.10. The van der Waals surface area contributed by atoms with Crippen LogP contribution >= 0.6 is 0 Å². The van der Waals surface area contributed by atoms with Crippen LogP contribution in [-0.4, -0.2) is 59.3 Å². The van der Waals surface area contributed by atoms with Crippen molar-refractivity contribution in [2.45, 2.75) is 32.7 Å². The SMILES string of the molecule is CCNC(=NCC1CC(=O)N(CCc2ccccc2)C1)NCCCn1cccn1. The fourth-order valence-corrected chi connectivity index (χ4v) is 3.54. The van der Waals surface area contributed by atoms with Gasteiger partial charge in [-0.2, -0.15) is 5.10 Å². The molecule has 0 aliphatic carbocycles. The monoisotopic (exact) mass is 396 g/mol. The fraction of sp³-hybridized carbons (Fsp3) is 0.500. The third-order valence-electron chi connectivity index (χ3n) is 5.08. The number of hydrogen-bond donors (Lipinski definition) is 2. The van der Waals surface area contributed by atoms with Crippen LogP contribution in [0.3, 0.4) is 0 Å². The van der Waals surface area contributed by atoms with Crippen molar-refractivity contribution in [2.75, 3.05) is 32.7 Å². The van der Waals surface area contributed by atoms with E-state index in [-0.39, 0.29) is 11.8 Å². The number of amides is 1. The molecule has 7 heteroatoms. The normalized spacial score (nSPS) is 17.0. The van der Waals surface area contributed by atoms with Crippen LogP contribution in [0.25, 0.3) is 0 Å². The van der Waals surface area contributed by atoms with Crippen LogP contribution < -0.4 is 10.6 Å². The molecule has 2 N–H and O–H groups in total. The van der Waals surface area contributed by atoms with Gasteiger partial charge >= 0.3 is 0 Å².